The van der Waals surface area contributed by atoms with Gasteiger partial charge < -0.3 is 24.3 Å². The number of nitrogens with one attached hydrogen (secondary N) is 1. The molecule has 0 spiro atoms. The summed E-state index contributed by atoms with van der Waals surface area (Å²) in [6, 6.07) is 0. The van der Waals surface area contributed by atoms with Gasteiger partial charge in [-0.3, -0.25) is 0 Å². The summed E-state index contributed by atoms with van der Waals surface area (Å²) in [5.41, 5.74) is 0.371. The van der Waals surface area contributed by atoms with Gasteiger partial charge in [-0.1, -0.05) is 0 Å². The highest BCUT2D eigenvalue weighted by Crippen LogP contribution is 2.32. The molecule has 1 atom stereocenters. The maximum atomic E-state index is 5.68. The fourth-order valence-corrected chi connectivity index (χ4v) is 2.28. The first-order valence-corrected chi connectivity index (χ1v) is 7.95. The third-order valence-corrected chi connectivity index (χ3v) is 3.76. The van der Waals surface area contributed by atoms with Gasteiger partial charge in [0.25, 0.3) is 0 Å². The van der Waals surface area contributed by atoms with Crippen LogP contribution in [0.5, 0.6) is 0 Å². The van der Waals surface area contributed by atoms with E-state index in [4.69, 9.17) is 18.9 Å². The molecule has 0 saturated carbocycles. The lowest BCUT2D eigenvalue weighted by Gasteiger charge is -2.32. The van der Waals surface area contributed by atoms with Gasteiger partial charge in [-0.15, -0.1) is 0 Å². The van der Waals surface area contributed by atoms with E-state index < -0.39 is 0 Å². The predicted octanol–water partition coefficient (Wildman–Crippen LogP) is 1.85. The molecule has 1 fully saturated rings. The Labute approximate surface area is 129 Å². The number of ether oxygens (including phenoxy) is 4. The number of hydrogen-bond acceptors (Lipinski definition) is 5. The largest absolute Gasteiger partial charge is 0.382 e. The summed E-state index contributed by atoms with van der Waals surface area (Å²) in [5, 5.41) is 3.61. The quantitative estimate of drug-likeness (QED) is 0.590. The van der Waals surface area contributed by atoms with Gasteiger partial charge in [0.15, 0.2) is 0 Å². The molecule has 1 unspecified atom stereocenters. The van der Waals surface area contributed by atoms with Crippen LogP contribution in [0.25, 0.3) is 0 Å². The Kier molecular flexibility index (Phi) is 8.74. The molecule has 0 aromatic carbocycles. The Balaban J connectivity index is 2.14. The minimum atomic E-state index is 0.144. The lowest BCUT2D eigenvalue weighted by atomic mass is 9.83. The van der Waals surface area contributed by atoms with Crippen molar-refractivity contribution < 1.29 is 18.9 Å². The molecule has 1 aliphatic rings. The molecule has 1 aliphatic heterocycles. The highest BCUT2D eigenvalue weighted by Gasteiger charge is 2.35. The third-order valence-electron chi connectivity index (χ3n) is 3.76. The molecule has 0 bridgehead atoms. The first-order valence-electron chi connectivity index (χ1n) is 7.95. The first-order chi connectivity index (χ1) is 9.97. The Morgan fingerprint density at radius 3 is 2.29 bits per heavy atom. The van der Waals surface area contributed by atoms with E-state index in [1.165, 1.54) is 0 Å². The molecule has 5 nitrogen and oxygen atoms in total. The highest BCUT2D eigenvalue weighted by atomic mass is 16.5. The molecule has 0 aromatic rings. The summed E-state index contributed by atoms with van der Waals surface area (Å²) >= 11 is 0. The zero-order chi connectivity index (χ0) is 15.6. The van der Waals surface area contributed by atoms with Crippen LogP contribution < -0.4 is 5.32 Å². The van der Waals surface area contributed by atoms with Crippen LogP contribution in [-0.4, -0.2) is 65.4 Å². The molecule has 0 aliphatic carbocycles. The van der Waals surface area contributed by atoms with Gasteiger partial charge in [0, 0.05) is 37.8 Å². The lowest BCUT2D eigenvalue weighted by Crippen LogP contribution is -2.44. The third kappa shape index (κ3) is 8.73. The number of rotatable bonds is 11. The molecule has 0 radical (unpaired) electrons. The second kappa shape index (κ2) is 9.74. The fourth-order valence-electron chi connectivity index (χ4n) is 2.28. The monoisotopic (exact) mass is 303 g/mol. The van der Waals surface area contributed by atoms with Gasteiger partial charge in [0.2, 0.25) is 0 Å². The second-order valence-electron chi connectivity index (χ2n) is 6.87. The van der Waals surface area contributed by atoms with Crippen molar-refractivity contribution in [3.63, 3.8) is 0 Å². The van der Waals surface area contributed by atoms with Crippen LogP contribution in [0.3, 0.4) is 0 Å². The average molecular weight is 303 g/mol. The number of methoxy groups -OCH3 is 1. The van der Waals surface area contributed by atoms with Crippen LogP contribution >= 0.6 is 0 Å². The number of hydrogen-bond donors (Lipinski definition) is 1. The van der Waals surface area contributed by atoms with Gasteiger partial charge in [-0.2, -0.15) is 0 Å². The van der Waals surface area contributed by atoms with Crippen molar-refractivity contribution in [2.75, 3.05) is 59.9 Å². The van der Waals surface area contributed by atoms with Crippen molar-refractivity contribution in [1.82, 2.24) is 5.32 Å². The van der Waals surface area contributed by atoms with Crippen molar-refractivity contribution in [3.05, 3.63) is 0 Å². The molecular formula is C16H33NO4. The van der Waals surface area contributed by atoms with E-state index >= 15 is 0 Å². The highest BCUT2D eigenvalue weighted by molar-refractivity contribution is 4.87. The van der Waals surface area contributed by atoms with Gasteiger partial charge in [-0.05, 0) is 33.6 Å². The fraction of sp³-hybridized carbons (Fsp3) is 1.00. The van der Waals surface area contributed by atoms with E-state index in [1.54, 1.807) is 7.11 Å². The molecule has 1 saturated heterocycles. The van der Waals surface area contributed by atoms with Gasteiger partial charge in [0.1, 0.15) is 0 Å². The summed E-state index contributed by atoms with van der Waals surface area (Å²) in [6.07, 6.45) is 2.15. The summed E-state index contributed by atoms with van der Waals surface area (Å²) in [7, 11) is 1.68. The van der Waals surface area contributed by atoms with Crippen molar-refractivity contribution in [2.24, 2.45) is 5.41 Å². The molecule has 0 amide bonds. The van der Waals surface area contributed by atoms with Gasteiger partial charge in [0.05, 0.1) is 33.0 Å². The Bertz CT molecular complexity index is 259. The van der Waals surface area contributed by atoms with E-state index in [0.717, 1.165) is 39.2 Å². The zero-order valence-electron chi connectivity index (χ0n) is 14.2. The first kappa shape index (κ1) is 18.8. The van der Waals surface area contributed by atoms with Crippen molar-refractivity contribution in [3.8, 4) is 0 Å². The summed E-state index contributed by atoms with van der Waals surface area (Å²) < 4.78 is 21.6. The Hall–Kier alpha value is -0.200. The van der Waals surface area contributed by atoms with Crippen LogP contribution in [0.15, 0.2) is 0 Å². The summed E-state index contributed by atoms with van der Waals surface area (Å²) in [4.78, 5) is 0. The van der Waals surface area contributed by atoms with Crippen molar-refractivity contribution in [1.29, 1.82) is 0 Å². The maximum Gasteiger partial charge on any atom is 0.0701 e. The van der Waals surface area contributed by atoms with Gasteiger partial charge in [-0.25, -0.2) is 0 Å². The van der Waals surface area contributed by atoms with Crippen LogP contribution in [0.2, 0.25) is 0 Å². The molecule has 21 heavy (non-hydrogen) atoms. The molecule has 1 N–H and O–H groups in total. The lowest BCUT2D eigenvalue weighted by molar-refractivity contribution is 0.0146. The topological polar surface area (TPSA) is 49.0 Å². The minimum absolute atomic E-state index is 0.144. The van der Waals surface area contributed by atoms with Crippen LogP contribution in [0.4, 0.5) is 0 Å². The molecule has 1 heterocycles. The van der Waals surface area contributed by atoms with Crippen molar-refractivity contribution in [2.45, 2.75) is 39.2 Å². The predicted molar refractivity (Wildman–Crippen MR) is 83.8 cm³/mol. The standard InChI is InChI=1S/C16H33NO4/c1-15(2,3)17-13-16(6-8-21-14-16)5-7-19-11-12-20-10-9-18-4/h17H,5-14H2,1-4H3. The maximum absolute atomic E-state index is 5.68. The second-order valence-corrected chi connectivity index (χ2v) is 6.87. The van der Waals surface area contributed by atoms with Gasteiger partial charge >= 0.3 is 0 Å². The van der Waals surface area contributed by atoms with E-state index in [0.29, 0.717) is 26.4 Å². The molecule has 1 rings (SSSR count). The Morgan fingerprint density at radius 2 is 1.71 bits per heavy atom. The van der Waals surface area contributed by atoms with E-state index in [1.807, 2.05) is 0 Å². The molecule has 5 heteroatoms. The minimum Gasteiger partial charge on any atom is -0.382 e. The van der Waals surface area contributed by atoms with E-state index in [9.17, 15) is 0 Å². The SMILES string of the molecule is COCCOCCOCCC1(CNC(C)(C)C)CCOC1. The average Bonchev–Trinajstić information content (AvgIpc) is 2.88. The van der Waals surface area contributed by atoms with Crippen LogP contribution in [0, 0.1) is 5.41 Å². The molecule has 0 aromatic heterocycles. The normalized spacial score (nSPS) is 22.9. The van der Waals surface area contributed by atoms with Crippen molar-refractivity contribution >= 4 is 0 Å². The molecule has 126 valence electrons. The van der Waals surface area contributed by atoms with Crippen LogP contribution in [0.1, 0.15) is 33.6 Å². The Morgan fingerprint density at radius 1 is 1.05 bits per heavy atom. The smallest absolute Gasteiger partial charge is 0.0701 e. The summed E-state index contributed by atoms with van der Waals surface area (Å²) in [5.74, 6) is 0. The van der Waals surface area contributed by atoms with E-state index in [-0.39, 0.29) is 11.0 Å². The zero-order valence-corrected chi connectivity index (χ0v) is 14.2. The summed E-state index contributed by atoms with van der Waals surface area (Å²) in [6.45, 7) is 12.6. The van der Waals surface area contributed by atoms with E-state index in [2.05, 4.69) is 26.1 Å². The van der Waals surface area contributed by atoms with Crippen LogP contribution in [-0.2, 0) is 18.9 Å². The molecular weight excluding hydrogens is 270 g/mol.